The number of thiazole rings is 1. The van der Waals surface area contributed by atoms with Crippen molar-refractivity contribution in [1.82, 2.24) is 25.0 Å². The predicted molar refractivity (Wildman–Crippen MR) is 101 cm³/mol. The molecule has 4 heterocycles. The van der Waals surface area contributed by atoms with Crippen LogP contribution in [-0.2, 0) is 16.1 Å². The summed E-state index contributed by atoms with van der Waals surface area (Å²) in [5, 5.41) is 16.0. The van der Waals surface area contributed by atoms with Crippen molar-refractivity contribution >= 4 is 23.2 Å². The second-order valence-electron chi connectivity index (χ2n) is 8.00. The minimum Gasteiger partial charge on any atom is -0.392 e. The molecule has 0 unspecified atom stereocenters. The number of nitrogens with zero attached hydrogens (tertiary/aromatic N) is 4. The summed E-state index contributed by atoms with van der Waals surface area (Å²) in [7, 11) is 0. The zero-order valence-corrected chi connectivity index (χ0v) is 16.5. The summed E-state index contributed by atoms with van der Waals surface area (Å²) in [5.41, 5.74) is -0.0681. The molecule has 9 heteroatoms. The van der Waals surface area contributed by atoms with Gasteiger partial charge in [-0.1, -0.05) is 0 Å². The maximum Gasteiger partial charge on any atom is 0.224 e. The number of carbonyl (C=O) groups excluding carboxylic acids is 2. The summed E-state index contributed by atoms with van der Waals surface area (Å²) in [6.07, 6.45) is 2.57. The fraction of sp³-hybridized carbons (Fsp3) is 0.722. The Morgan fingerprint density at radius 1 is 1.37 bits per heavy atom. The molecule has 3 saturated heterocycles. The molecule has 8 nitrogen and oxygen atoms in total. The normalized spacial score (nSPS) is 27.4. The van der Waals surface area contributed by atoms with Gasteiger partial charge >= 0.3 is 0 Å². The van der Waals surface area contributed by atoms with Crippen LogP contribution in [0.15, 0.2) is 11.6 Å². The number of fused-ring (bicyclic) bond motifs is 2. The highest BCUT2D eigenvalue weighted by molar-refractivity contribution is 7.09. The van der Waals surface area contributed by atoms with Gasteiger partial charge in [0.1, 0.15) is 5.01 Å². The second kappa shape index (κ2) is 7.46. The molecule has 0 saturated carbocycles. The SMILES string of the molecule is CC(=O)NCCC(=O)N1C[C@@H]2C[C@@H](O)CN2C2(CN(Cc3nccs3)C2)C1. The van der Waals surface area contributed by atoms with Crippen molar-refractivity contribution in [2.45, 2.75) is 44.0 Å². The highest BCUT2D eigenvalue weighted by atomic mass is 32.1. The lowest BCUT2D eigenvalue weighted by Crippen LogP contribution is -2.78. The van der Waals surface area contributed by atoms with E-state index in [-0.39, 0.29) is 29.5 Å². The van der Waals surface area contributed by atoms with Crippen LogP contribution in [0.4, 0.5) is 0 Å². The number of β-amino-alcohol motifs (C(OH)–C–C–N with tert-alkyl or cyclic N) is 1. The van der Waals surface area contributed by atoms with E-state index in [0.717, 1.165) is 31.1 Å². The third kappa shape index (κ3) is 3.87. The van der Waals surface area contributed by atoms with Crippen LogP contribution in [0.3, 0.4) is 0 Å². The van der Waals surface area contributed by atoms with Gasteiger partial charge in [-0.3, -0.25) is 19.4 Å². The van der Waals surface area contributed by atoms with E-state index in [1.165, 1.54) is 6.92 Å². The summed E-state index contributed by atoms with van der Waals surface area (Å²) in [5.74, 6) is -0.0256. The first-order valence-corrected chi connectivity index (χ1v) is 10.4. The average Bonchev–Trinajstić information content (AvgIpc) is 3.21. The maximum atomic E-state index is 12.7. The van der Waals surface area contributed by atoms with Gasteiger partial charge in [-0.15, -0.1) is 11.3 Å². The maximum absolute atomic E-state index is 12.7. The molecule has 2 amide bonds. The molecule has 0 bridgehead atoms. The minimum absolute atomic E-state index is 0.0681. The van der Waals surface area contributed by atoms with Gasteiger partial charge in [0.2, 0.25) is 11.8 Å². The Bertz CT molecular complexity index is 691. The Hall–Kier alpha value is -1.55. The monoisotopic (exact) mass is 393 g/mol. The molecule has 3 fully saturated rings. The largest absolute Gasteiger partial charge is 0.392 e. The van der Waals surface area contributed by atoms with E-state index in [0.29, 0.717) is 32.6 Å². The van der Waals surface area contributed by atoms with Gasteiger partial charge in [-0.25, -0.2) is 4.98 Å². The number of aliphatic hydroxyl groups excluding tert-OH is 1. The van der Waals surface area contributed by atoms with E-state index in [1.54, 1.807) is 11.3 Å². The van der Waals surface area contributed by atoms with Crippen molar-refractivity contribution < 1.29 is 14.7 Å². The van der Waals surface area contributed by atoms with Crippen molar-refractivity contribution in [3.8, 4) is 0 Å². The fourth-order valence-corrected chi connectivity index (χ4v) is 5.46. The van der Waals surface area contributed by atoms with E-state index in [2.05, 4.69) is 20.1 Å². The molecule has 2 atom stereocenters. The molecule has 3 aliphatic heterocycles. The standard InChI is InChI=1S/C18H27N5O3S/c1-13(24)19-3-2-17(26)22-7-14-6-15(25)8-23(14)18(12-22)10-21(11-18)9-16-20-4-5-27-16/h4-5,14-15,25H,2-3,6-12H2,1H3,(H,19,24)/t14-,15+/m0/s1. The Kier molecular flexibility index (Phi) is 5.19. The van der Waals surface area contributed by atoms with Crippen molar-refractivity contribution in [2.75, 3.05) is 39.3 Å². The zero-order valence-electron chi connectivity index (χ0n) is 15.6. The highest BCUT2D eigenvalue weighted by Gasteiger charge is 2.56. The third-order valence-electron chi connectivity index (χ3n) is 5.86. The molecule has 2 N–H and O–H groups in total. The molecule has 0 aliphatic carbocycles. The molecule has 0 aromatic carbocycles. The van der Waals surface area contributed by atoms with Crippen LogP contribution < -0.4 is 5.32 Å². The summed E-state index contributed by atoms with van der Waals surface area (Å²) < 4.78 is 0. The van der Waals surface area contributed by atoms with Crippen molar-refractivity contribution in [1.29, 1.82) is 0 Å². The van der Waals surface area contributed by atoms with Crippen molar-refractivity contribution in [2.24, 2.45) is 0 Å². The van der Waals surface area contributed by atoms with Gasteiger partial charge in [0.15, 0.2) is 0 Å². The van der Waals surface area contributed by atoms with E-state index >= 15 is 0 Å². The number of hydrogen-bond donors (Lipinski definition) is 2. The lowest BCUT2D eigenvalue weighted by Gasteiger charge is -2.61. The van der Waals surface area contributed by atoms with Crippen LogP contribution in [-0.4, -0.2) is 93.6 Å². The van der Waals surface area contributed by atoms with Gasteiger partial charge in [-0.2, -0.15) is 0 Å². The van der Waals surface area contributed by atoms with E-state index in [4.69, 9.17) is 0 Å². The molecule has 1 aromatic heterocycles. The predicted octanol–water partition coefficient (Wildman–Crippen LogP) is -0.499. The van der Waals surface area contributed by atoms with Crippen LogP contribution in [0.5, 0.6) is 0 Å². The van der Waals surface area contributed by atoms with Gasteiger partial charge in [-0.05, 0) is 6.42 Å². The van der Waals surface area contributed by atoms with Crippen LogP contribution in [0.25, 0.3) is 0 Å². The number of hydrogen-bond acceptors (Lipinski definition) is 7. The molecule has 148 valence electrons. The minimum atomic E-state index is -0.311. The van der Waals surface area contributed by atoms with E-state index in [9.17, 15) is 14.7 Å². The summed E-state index contributed by atoms with van der Waals surface area (Å²) in [6, 6.07) is 0.223. The number of amides is 2. The topological polar surface area (TPSA) is 89.0 Å². The summed E-state index contributed by atoms with van der Waals surface area (Å²) >= 11 is 1.67. The average molecular weight is 394 g/mol. The Labute approximate surface area is 163 Å². The van der Waals surface area contributed by atoms with Crippen molar-refractivity contribution in [3.63, 3.8) is 0 Å². The molecule has 0 radical (unpaired) electrons. The first kappa shape index (κ1) is 18.8. The summed E-state index contributed by atoms with van der Waals surface area (Å²) in [4.78, 5) is 34.8. The van der Waals surface area contributed by atoms with Gasteiger partial charge in [0.25, 0.3) is 0 Å². The first-order valence-electron chi connectivity index (χ1n) is 9.53. The van der Waals surface area contributed by atoms with Gasteiger partial charge < -0.3 is 15.3 Å². The number of rotatable bonds is 5. The lowest BCUT2D eigenvalue weighted by molar-refractivity contribution is -0.151. The van der Waals surface area contributed by atoms with E-state index in [1.807, 2.05) is 16.5 Å². The number of likely N-dealkylation sites (tertiary alicyclic amines) is 1. The smallest absolute Gasteiger partial charge is 0.224 e. The Morgan fingerprint density at radius 3 is 2.89 bits per heavy atom. The number of aliphatic hydroxyl groups is 1. The van der Waals surface area contributed by atoms with Crippen LogP contribution in [0, 0.1) is 0 Å². The number of aromatic nitrogens is 1. The van der Waals surface area contributed by atoms with Crippen LogP contribution in [0.1, 0.15) is 24.8 Å². The number of carbonyl (C=O) groups is 2. The molecular weight excluding hydrogens is 366 g/mol. The zero-order chi connectivity index (χ0) is 19.0. The van der Waals surface area contributed by atoms with Crippen molar-refractivity contribution in [3.05, 3.63) is 16.6 Å². The fourth-order valence-electron chi connectivity index (χ4n) is 4.81. The lowest BCUT2D eigenvalue weighted by atomic mass is 9.83. The first-order chi connectivity index (χ1) is 12.9. The molecule has 1 spiro atoms. The Balaban J connectivity index is 1.40. The van der Waals surface area contributed by atoms with Crippen LogP contribution >= 0.6 is 11.3 Å². The quantitative estimate of drug-likeness (QED) is 0.701. The molecule has 3 aliphatic rings. The molecule has 1 aromatic rings. The van der Waals surface area contributed by atoms with Gasteiger partial charge in [0.05, 0.1) is 18.2 Å². The number of piperazine rings is 1. The van der Waals surface area contributed by atoms with Gasteiger partial charge in [0, 0.05) is 70.2 Å². The second-order valence-corrected chi connectivity index (χ2v) is 8.98. The summed E-state index contributed by atoms with van der Waals surface area (Å²) in [6.45, 7) is 6.54. The molecule has 27 heavy (non-hydrogen) atoms. The molecular formula is C18H27N5O3S. The third-order valence-corrected chi connectivity index (χ3v) is 6.63. The molecule has 4 rings (SSSR count). The highest BCUT2D eigenvalue weighted by Crippen LogP contribution is 2.39. The number of nitrogens with one attached hydrogen (secondary N) is 1. The Morgan fingerprint density at radius 2 is 2.19 bits per heavy atom. The van der Waals surface area contributed by atoms with E-state index < -0.39 is 0 Å². The van der Waals surface area contributed by atoms with Crippen LogP contribution in [0.2, 0.25) is 0 Å².